The summed E-state index contributed by atoms with van der Waals surface area (Å²) in [6, 6.07) is 11.3. The minimum atomic E-state index is -0.0980. The monoisotopic (exact) mass is 395 g/mol. The van der Waals surface area contributed by atoms with E-state index >= 15 is 0 Å². The molecule has 0 saturated heterocycles. The molecule has 0 saturated carbocycles. The molecular formula is C22H25N3O4. The fourth-order valence-corrected chi connectivity index (χ4v) is 3.16. The maximum absolute atomic E-state index is 12.5. The maximum atomic E-state index is 12.5. The number of nitrogens with zero attached hydrogens (tertiary/aromatic N) is 1. The standard InChI is InChI=1S/C22H25N3O4/c1-27-16-6-4-14(5-7-16)12-25-22(26)8-15-13-24-19(11-23)18-10-21(29-3)20(28-2)9-17(15)18/h4-7,9-10,13H,8,11-12,23H2,1-3H3,(H,25,26). The second-order valence-corrected chi connectivity index (χ2v) is 6.49. The number of fused-ring (bicyclic) bond motifs is 1. The first-order valence-corrected chi connectivity index (χ1v) is 9.21. The Labute approximate surface area is 169 Å². The van der Waals surface area contributed by atoms with Crippen LogP contribution in [0.3, 0.4) is 0 Å². The third-order valence-electron chi connectivity index (χ3n) is 4.75. The van der Waals surface area contributed by atoms with E-state index in [2.05, 4.69) is 10.3 Å². The molecule has 1 heterocycles. The molecule has 1 aromatic heterocycles. The van der Waals surface area contributed by atoms with Gasteiger partial charge in [0.25, 0.3) is 0 Å². The quantitative estimate of drug-likeness (QED) is 0.609. The van der Waals surface area contributed by atoms with Crippen LogP contribution in [-0.4, -0.2) is 32.2 Å². The molecule has 3 rings (SSSR count). The number of carbonyl (C=O) groups excluding carboxylic acids is 1. The fraction of sp³-hybridized carbons (Fsp3) is 0.273. The van der Waals surface area contributed by atoms with Gasteiger partial charge < -0.3 is 25.3 Å². The Hall–Kier alpha value is -3.32. The van der Waals surface area contributed by atoms with Gasteiger partial charge in [0, 0.05) is 24.7 Å². The molecule has 0 unspecified atom stereocenters. The molecule has 152 valence electrons. The van der Waals surface area contributed by atoms with Gasteiger partial charge in [0.1, 0.15) is 5.75 Å². The lowest BCUT2D eigenvalue weighted by Crippen LogP contribution is -2.24. The van der Waals surface area contributed by atoms with Crippen LogP contribution in [0.1, 0.15) is 16.8 Å². The highest BCUT2D eigenvalue weighted by Crippen LogP contribution is 2.34. The largest absolute Gasteiger partial charge is 0.497 e. The number of ether oxygens (including phenoxy) is 3. The van der Waals surface area contributed by atoms with E-state index in [1.165, 1.54) is 0 Å². The van der Waals surface area contributed by atoms with Gasteiger partial charge in [-0.2, -0.15) is 0 Å². The molecule has 0 spiro atoms. The lowest BCUT2D eigenvalue weighted by atomic mass is 10.0. The Bertz CT molecular complexity index is 1000. The third-order valence-corrected chi connectivity index (χ3v) is 4.75. The summed E-state index contributed by atoms with van der Waals surface area (Å²) in [5, 5.41) is 4.67. The summed E-state index contributed by atoms with van der Waals surface area (Å²) in [5.41, 5.74) is 8.37. The van der Waals surface area contributed by atoms with E-state index in [-0.39, 0.29) is 18.9 Å². The van der Waals surface area contributed by atoms with Crippen LogP contribution in [0.25, 0.3) is 10.8 Å². The molecule has 2 aromatic carbocycles. The van der Waals surface area contributed by atoms with Crippen LogP contribution in [0.4, 0.5) is 0 Å². The number of nitrogens with two attached hydrogens (primary N) is 1. The average Bonchev–Trinajstić information content (AvgIpc) is 2.77. The number of hydrogen-bond donors (Lipinski definition) is 2. The molecular weight excluding hydrogens is 370 g/mol. The molecule has 0 fully saturated rings. The van der Waals surface area contributed by atoms with Crippen molar-refractivity contribution in [1.82, 2.24) is 10.3 Å². The van der Waals surface area contributed by atoms with Gasteiger partial charge in [-0.05, 0) is 40.8 Å². The van der Waals surface area contributed by atoms with Crippen LogP contribution in [0.15, 0.2) is 42.6 Å². The topological polar surface area (TPSA) is 95.7 Å². The smallest absolute Gasteiger partial charge is 0.224 e. The van der Waals surface area contributed by atoms with Crippen LogP contribution in [0.5, 0.6) is 17.2 Å². The highest BCUT2D eigenvalue weighted by atomic mass is 16.5. The lowest BCUT2D eigenvalue weighted by molar-refractivity contribution is -0.120. The van der Waals surface area contributed by atoms with E-state index in [9.17, 15) is 4.79 Å². The van der Waals surface area contributed by atoms with Crippen LogP contribution >= 0.6 is 0 Å². The van der Waals surface area contributed by atoms with E-state index in [0.717, 1.165) is 33.3 Å². The second-order valence-electron chi connectivity index (χ2n) is 6.49. The van der Waals surface area contributed by atoms with Gasteiger partial charge in [-0.15, -0.1) is 0 Å². The zero-order valence-corrected chi connectivity index (χ0v) is 16.8. The molecule has 0 radical (unpaired) electrons. The molecule has 3 aromatic rings. The number of benzene rings is 2. The summed E-state index contributed by atoms with van der Waals surface area (Å²) in [4.78, 5) is 17.0. The first-order valence-electron chi connectivity index (χ1n) is 9.21. The van der Waals surface area contributed by atoms with Crippen molar-refractivity contribution in [1.29, 1.82) is 0 Å². The first kappa shape index (κ1) is 20.4. The predicted molar refractivity (Wildman–Crippen MR) is 111 cm³/mol. The Morgan fingerprint density at radius 2 is 1.66 bits per heavy atom. The molecule has 29 heavy (non-hydrogen) atoms. The number of rotatable bonds is 8. The second kappa shape index (κ2) is 9.25. The van der Waals surface area contributed by atoms with Crippen LogP contribution in [-0.2, 0) is 24.3 Å². The van der Waals surface area contributed by atoms with Crippen molar-refractivity contribution in [2.45, 2.75) is 19.5 Å². The summed E-state index contributed by atoms with van der Waals surface area (Å²) in [7, 11) is 4.78. The normalized spacial score (nSPS) is 10.6. The number of amides is 1. The van der Waals surface area contributed by atoms with Crippen LogP contribution in [0.2, 0.25) is 0 Å². The lowest BCUT2D eigenvalue weighted by Gasteiger charge is -2.14. The number of nitrogens with one attached hydrogen (secondary N) is 1. The van der Waals surface area contributed by atoms with Crippen molar-refractivity contribution in [3.8, 4) is 17.2 Å². The maximum Gasteiger partial charge on any atom is 0.224 e. The number of methoxy groups -OCH3 is 3. The molecule has 0 aliphatic carbocycles. The average molecular weight is 395 g/mol. The highest BCUT2D eigenvalue weighted by molar-refractivity contribution is 5.93. The Kier molecular flexibility index (Phi) is 6.51. The summed E-state index contributed by atoms with van der Waals surface area (Å²) >= 11 is 0. The molecule has 7 nitrogen and oxygen atoms in total. The van der Waals surface area contributed by atoms with Gasteiger partial charge in [-0.3, -0.25) is 9.78 Å². The third kappa shape index (κ3) is 4.57. The molecule has 1 amide bonds. The van der Waals surface area contributed by atoms with Crippen molar-refractivity contribution in [2.24, 2.45) is 5.73 Å². The van der Waals surface area contributed by atoms with Gasteiger partial charge in [0.05, 0.1) is 33.4 Å². The van der Waals surface area contributed by atoms with Crippen LogP contribution in [0, 0.1) is 0 Å². The van der Waals surface area contributed by atoms with Gasteiger partial charge in [-0.1, -0.05) is 12.1 Å². The van der Waals surface area contributed by atoms with Crippen molar-refractivity contribution < 1.29 is 19.0 Å². The molecule has 0 bridgehead atoms. The summed E-state index contributed by atoms with van der Waals surface area (Å²) in [6.07, 6.45) is 1.89. The molecule has 0 atom stereocenters. The number of carbonyl (C=O) groups is 1. The van der Waals surface area contributed by atoms with E-state index in [4.69, 9.17) is 19.9 Å². The zero-order valence-electron chi connectivity index (χ0n) is 16.8. The minimum absolute atomic E-state index is 0.0980. The van der Waals surface area contributed by atoms with Crippen molar-refractivity contribution in [3.05, 3.63) is 59.4 Å². The molecule has 7 heteroatoms. The number of aromatic nitrogens is 1. The molecule has 0 aliphatic heterocycles. The van der Waals surface area contributed by atoms with Crippen molar-refractivity contribution in [3.63, 3.8) is 0 Å². The van der Waals surface area contributed by atoms with E-state index < -0.39 is 0 Å². The predicted octanol–water partition coefficient (Wildman–Crippen LogP) is 2.58. The summed E-state index contributed by atoms with van der Waals surface area (Å²) < 4.78 is 15.9. The van der Waals surface area contributed by atoms with Crippen molar-refractivity contribution >= 4 is 16.7 Å². The molecule has 0 aliphatic rings. The SMILES string of the molecule is COc1ccc(CNC(=O)Cc2cnc(CN)c3cc(OC)c(OC)cc23)cc1. The Morgan fingerprint density at radius 1 is 1.00 bits per heavy atom. The number of hydrogen-bond acceptors (Lipinski definition) is 6. The van der Waals surface area contributed by atoms with E-state index in [1.54, 1.807) is 27.5 Å². The summed E-state index contributed by atoms with van der Waals surface area (Å²) in [6.45, 7) is 0.724. The zero-order chi connectivity index (χ0) is 20.8. The van der Waals surface area contributed by atoms with Gasteiger partial charge >= 0.3 is 0 Å². The Balaban J connectivity index is 1.81. The van der Waals surface area contributed by atoms with E-state index in [1.807, 2.05) is 36.4 Å². The van der Waals surface area contributed by atoms with Crippen molar-refractivity contribution in [2.75, 3.05) is 21.3 Å². The minimum Gasteiger partial charge on any atom is -0.497 e. The van der Waals surface area contributed by atoms with Crippen LogP contribution < -0.4 is 25.3 Å². The summed E-state index contributed by atoms with van der Waals surface area (Å²) in [5.74, 6) is 1.87. The Morgan fingerprint density at radius 3 is 2.24 bits per heavy atom. The molecule has 3 N–H and O–H groups in total. The van der Waals surface area contributed by atoms with Gasteiger partial charge in [-0.25, -0.2) is 0 Å². The first-order chi connectivity index (χ1) is 14.1. The number of pyridine rings is 1. The van der Waals surface area contributed by atoms with Gasteiger partial charge in [0.15, 0.2) is 11.5 Å². The fourth-order valence-electron chi connectivity index (χ4n) is 3.16. The van der Waals surface area contributed by atoms with Gasteiger partial charge in [0.2, 0.25) is 5.91 Å². The van der Waals surface area contributed by atoms with E-state index in [0.29, 0.717) is 18.0 Å². The highest BCUT2D eigenvalue weighted by Gasteiger charge is 2.15.